The minimum absolute atomic E-state index is 0.206. The second kappa shape index (κ2) is 8.87. The van der Waals surface area contributed by atoms with E-state index in [0.29, 0.717) is 6.54 Å². The molecule has 1 fully saturated rings. The van der Waals surface area contributed by atoms with Crippen LogP contribution >= 0.6 is 0 Å². The summed E-state index contributed by atoms with van der Waals surface area (Å²) in [5, 5.41) is 22.6. The highest BCUT2D eigenvalue weighted by molar-refractivity contribution is 6.00. The van der Waals surface area contributed by atoms with Crippen molar-refractivity contribution in [3.8, 4) is 22.6 Å². The zero-order valence-electron chi connectivity index (χ0n) is 17.7. The van der Waals surface area contributed by atoms with E-state index >= 15 is 0 Å². The zero-order valence-corrected chi connectivity index (χ0v) is 17.7. The van der Waals surface area contributed by atoms with Crippen molar-refractivity contribution in [2.24, 2.45) is 0 Å². The van der Waals surface area contributed by atoms with Crippen LogP contribution in [0.3, 0.4) is 0 Å². The van der Waals surface area contributed by atoms with E-state index in [1.807, 2.05) is 24.3 Å². The minimum atomic E-state index is -0.581. The summed E-state index contributed by atoms with van der Waals surface area (Å²) in [7, 11) is 0. The van der Waals surface area contributed by atoms with Crippen molar-refractivity contribution in [2.75, 3.05) is 32.8 Å². The van der Waals surface area contributed by atoms with Gasteiger partial charge in [0.2, 0.25) is 0 Å². The highest BCUT2D eigenvalue weighted by atomic mass is 16.5. The topological polar surface area (TPSA) is 62.2 Å². The SMILES string of the molecule is OC1CCN(CC(O)COc2ccc3ccccc3c2-c2ccc3c(c2)CCO3)CC1. The molecule has 5 heteroatoms. The Kier molecular flexibility index (Phi) is 5.81. The number of piperidine rings is 1. The number of β-amino-alcohol motifs (C(OH)–C–C–N with tert-alkyl or cyclic N) is 1. The molecule has 3 aromatic carbocycles. The number of rotatable bonds is 6. The van der Waals surface area contributed by atoms with Crippen LogP contribution in [-0.4, -0.2) is 60.2 Å². The molecule has 2 aliphatic heterocycles. The van der Waals surface area contributed by atoms with Crippen molar-refractivity contribution in [3.05, 3.63) is 60.2 Å². The molecule has 1 saturated heterocycles. The molecule has 0 spiro atoms. The first-order chi connectivity index (χ1) is 15.2. The van der Waals surface area contributed by atoms with Crippen LogP contribution < -0.4 is 9.47 Å². The molecule has 0 aliphatic carbocycles. The predicted molar refractivity (Wildman–Crippen MR) is 122 cm³/mol. The lowest BCUT2D eigenvalue weighted by Crippen LogP contribution is -2.41. The van der Waals surface area contributed by atoms with Gasteiger partial charge in [-0.15, -0.1) is 0 Å². The normalized spacial score (nSPS) is 18.0. The Morgan fingerprint density at radius 3 is 2.77 bits per heavy atom. The van der Waals surface area contributed by atoms with Gasteiger partial charge in [0.25, 0.3) is 0 Å². The van der Waals surface area contributed by atoms with Crippen LogP contribution in [0.1, 0.15) is 18.4 Å². The molecule has 2 N–H and O–H groups in total. The Hall–Kier alpha value is -2.60. The zero-order chi connectivity index (χ0) is 21.2. The molecule has 3 aromatic rings. The van der Waals surface area contributed by atoms with E-state index in [-0.39, 0.29) is 12.7 Å². The number of nitrogens with zero attached hydrogens (tertiary/aromatic N) is 1. The second-order valence-electron chi connectivity index (χ2n) is 8.58. The van der Waals surface area contributed by atoms with Gasteiger partial charge in [0.1, 0.15) is 24.2 Å². The van der Waals surface area contributed by atoms with Gasteiger partial charge >= 0.3 is 0 Å². The Morgan fingerprint density at radius 1 is 1.06 bits per heavy atom. The Balaban J connectivity index is 1.39. The fourth-order valence-electron chi connectivity index (χ4n) is 4.65. The number of aliphatic hydroxyl groups excluding tert-OH is 2. The van der Waals surface area contributed by atoms with Crippen LogP contribution in [-0.2, 0) is 6.42 Å². The Morgan fingerprint density at radius 2 is 1.90 bits per heavy atom. The first kappa shape index (κ1) is 20.3. The maximum atomic E-state index is 10.6. The molecular weight excluding hydrogens is 390 g/mol. The average molecular weight is 420 g/mol. The molecule has 0 aromatic heterocycles. The summed E-state index contributed by atoms with van der Waals surface area (Å²) >= 11 is 0. The first-order valence-corrected chi connectivity index (χ1v) is 11.2. The summed E-state index contributed by atoms with van der Waals surface area (Å²) in [4.78, 5) is 2.20. The van der Waals surface area contributed by atoms with E-state index in [2.05, 4.69) is 35.2 Å². The third-order valence-corrected chi connectivity index (χ3v) is 6.33. The van der Waals surface area contributed by atoms with Crippen LogP contribution in [0.4, 0.5) is 0 Å². The summed E-state index contributed by atoms with van der Waals surface area (Å²) in [6, 6.07) is 18.7. The fourth-order valence-corrected chi connectivity index (χ4v) is 4.65. The van der Waals surface area contributed by atoms with Crippen LogP contribution in [0.15, 0.2) is 54.6 Å². The fraction of sp³-hybridized carbons (Fsp3) is 0.385. The minimum Gasteiger partial charge on any atom is -0.493 e. The van der Waals surface area contributed by atoms with Crippen LogP contribution in [0.2, 0.25) is 0 Å². The lowest BCUT2D eigenvalue weighted by Gasteiger charge is -2.31. The van der Waals surface area contributed by atoms with Crippen molar-refractivity contribution in [3.63, 3.8) is 0 Å². The molecule has 31 heavy (non-hydrogen) atoms. The maximum absolute atomic E-state index is 10.6. The van der Waals surface area contributed by atoms with E-state index < -0.39 is 6.10 Å². The monoisotopic (exact) mass is 419 g/mol. The summed E-state index contributed by atoms with van der Waals surface area (Å²) in [5.41, 5.74) is 3.39. The van der Waals surface area contributed by atoms with E-state index in [1.54, 1.807) is 0 Å². The van der Waals surface area contributed by atoms with Gasteiger partial charge in [-0.1, -0.05) is 36.4 Å². The highest BCUT2D eigenvalue weighted by Crippen LogP contribution is 2.39. The lowest BCUT2D eigenvalue weighted by atomic mass is 9.95. The predicted octanol–water partition coefficient (Wildman–Crippen LogP) is 3.64. The number of benzene rings is 3. The molecule has 0 amide bonds. The van der Waals surface area contributed by atoms with Crippen LogP contribution in [0, 0.1) is 0 Å². The number of hydrogen-bond acceptors (Lipinski definition) is 5. The Bertz CT molecular complexity index is 1060. The maximum Gasteiger partial charge on any atom is 0.127 e. The van der Waals surface area contributed by atoms with E-state index in [0.717, 1.165) is 72.4 Å². The lowest BCUT2D eigenvalue weighted by molar-refractivity contribution is 0.0339. The van der Waals surface area contributed by atoms with Gasteiger partial charge in [-0.3, -0.25) is 0 Å². The standard InChI is InChI=1S/C26H29NO4/c28-21-9-12-27(13-10-21)16-22(29)17-31-25-8-5-18-3-1-2-4-23(18)26(25)20-6-7-24-19(15-20)11-14-30-24/h1-8,15,21-22,28-29H,9-14,16-17H2. The number of aliphatic hydroxyl groups is 2. The number of likely N-dealkylation sites (tertiary alicyclic amines) is 1. The van der Waals surface area contributed by atoms with Crippen molar-refractivity contribution < 1.29 is 19.7 Å². The van der Waals surface area contributed by atoms with Gasteiger partial charge in [-0.25, -0.2) is 0 Å². The van der Waals surface area contributed by atoms with Gasteiger partial charge in [-0.2, -0.15) is 0 Å². The molecule has 1 atom stereocenters. The van der Waals surface area contributed by atoms with E-state index in [1.165, 1.54) is 5.56 Å². The second-order valence-corrected chi connectivity index (χ2v) is 8.58. The van der Waals surface area contributed by atoms with Crippen molar-refractivity contribution >= 4 is 10.8 Å². The van der Waals surface area contributed by atoms with Crippen molar-refractivity contribution in [2.45, 2.75) is 31.5 Å². The summed E-state index contributed by atoms with van der Waals surface area (Å²) < 4.78 is 11.9. The molecule has 5 rings (SSSR count). The van der Waals surface area contributed by atoms with Gasteiger partial charge in [0, 0.05) is 31.6 Å². The first-order valence-electron chi connectivity index (χ1n) is 11.2. The van der Waals surface area contributed by atoms with Crippen LogP contribution in [0.5, 0.6) is 11.5 Å². The largest absolute Gasteiger partial charge is 0.493 e. The summed E-state index contributed by atoms with van der Waals surface area (Å²) in [6.45, 7) is 3.16. The van der Waals surface area contributed by atoms with Gasteiger partial charge in [-0.05, 0) is 52.9 Å². The van der Waals surface area contributed by atoms with E-state index in [9.17, 15) is 10.2 Å². The molecule has 2 aliphatic rings. The average Bonchev–Trinajstić information content (AvgIpc) is 3.27. The van der Waals surface area contributed by atoms with Crippen molar-refractivity contribution in [1.29, 1.82) is 0 Å². The van der Waals surface area contributed by atoms with Gasteiger partial charge < -0.3 is 24.6 Å². The molecule has 162 valence electrons. The third kappa shape index (κ3) is 4.40. The van der Waals surface area contributed by atoms with Gasteiger partial charge in [0.15, 0.2) is 0 Å². The highest BCUT2D eigenvalue weighted by Gasteiger charge is 2.21. The smallest absolute Gasteiger partial charge is 0.127 e. The molecule has 0 saturated carbocycles. The molecule has 0 bridgehead atoms. The molecular formula is C26H29NO4. The number of ether oxygens (including phenoxy) is 2. The third-order valence-electron chi connectivity index (χ3n) is 6.33. The Labute approximate surface area is 182 Å². The number of hydrogen-bond donors (Lipinski definition) is 2. The quantitative estimate of drug-likeness (QED) is 0.639. The number of fused-ring (bicyclic) bond motifs is 2. The summed E-state index contributed by atoms with van der Waals surface area (Å²) in [5.74, 6) is 1.75. The van der Waals surface area contributed by atoms with E-state index in [4.69, 9.17) is 9.47 Å². The van der Waals surface area contributed by atoms with Gasteiger partial charge in [0.05, 0.1) is 12.7 Å². The molecule has 2 heterocycles. The van der Waals surface area contributed by atoms with Crippen molar-refractivity contribution in [1.82, 2.24) is 4.90 Å². The summed E-state index contributed by atoms with van der Waals surface area (Å²) in [6.07, 6.45) is 1.67. The van der Waals surface area contributed by atoms with Crippen LogP contribution in [0.25, 0.3) is 21.9 Å². The molecule has 0 radical (unpaired) electrons. The molecule has 5 nitrogen and oxygen atoms in total. The molecule has 1 unspecified atom stereocenters.